The quantitative estimate of drug-likeness (QED) is 0.333. The largest absolute Gasteiger partial charge is 0.459 e. The van der Waals surface area contributed by atoms with Crippen LogP contribution >= 0.6 is 24.0 Å². The lowest BCUT2D eigenvalue weighted by Crippen LogP contribution is -2.52. The van der Waals surface area contributed by atoms with E-state index >= 15 is 0 Å². The minimum absolute atomic E-state index is 0. The summed E-state index contributed by atoms with van der Waals surface area (Å²) in [6.45, 7) is 8.13. The maximum atomic E-state index is 5.88. The van der Waals surface area contributed by atoms with E-state index in [1.165, 1.54) is 0 Å². The molecule has 1 aromatic carbocycles. The number of fused-ring (bicyclic) bond motifs is 1. The van der Waals surface area contributed by atoms with E-state index in [9.17, 15) is 0 Å². The normalized spacial score (nSPS) is 15.6. The van der Waals surface area contributed by atoms with Crippen LogP contribution in [0.5, 0.6) is 0 Å². The summed E-state index contributed by atoms with van der Waals surface area (Å²) in [5, 5.41) is 8.52. The Kier molecular flexibility index (Phi) is 7.32. The second-order valence-electron chi connectivity index (χ2n) is 6.67. The van der Waals surface area contributed by atoms with Crippen molar-refractivity contribution < 1.29 is 8.94 Å². The van der Waals surface area contributed by atoms with Gasteiger partial charge in [0.25, 0.3) is 0 Å². The second kappa shape index (κ2) is 9.92. The molecule has 3 heterocycles. The van der Waals surface area contributed by atoms with Crippen LogP contribution in [0.2, 0.25) is 0 Å². The number of hydrogen-bond donors (Lipinski definition) is 1. The molecule has 0 radical (unpaired) electrons. The van der Waals surface area contributed by atoms with E-state index in [1.54, 1.807) is 6.26 Å². The average Bonchev–Trinajstić information content (AvgIpc) is 3.35. The molecular weight excluding hydrogens is 469 g/mol. The highest BCUT2D eigenvalue weighted by molar-refractivity contribution is 14.0. The van der Waals surface area contributed by atoms with E-state index in [2.05, 4.69) is 39.3 Å². The van der Waals surface area contributed by atoms with Gasteiger partial charge in [-0.3, -0.25) is 4.90 Å². The zero-order valence-corrected chi connectivity index (χ0v) is 18.3. The number of hydrogen-bond acceptors (Lipinski definition) is 5. The summed E-state index contributed by atoms with van der Waals surface area (Å²) in [4.78, 5) is 9.49. The highest BCUT2D eigenvalue weighted by atomic mass is 127. The fraction of sp³-hybridized carbons (Fsp3) is 0.400. The minimum atomic E-state index is 0. The van der Waals surface area contributed by atoms with Gasteiger partial charge in [0.1, 0.15) is 24.2 Å². The van der Waals surface area contributed by atoms with Gasteiger partial charge >= 0.3 is 0 Å². The maximum absolute atomic E-state index is 5.88. The molecule has 1 aliphatic rings. The number of nitrogens with one attached hydrogen (secondary N) is 1. The first-order chi connectivity index (χ1) is 13.3. The van der Waals surface area contributed by atoms with Crippen LogP contribution < -0.4 is 5.32 Å². The maximum Gasteiger partial charge on any atom is 0.194 e. The first kappa shape index (κ1) is 20.7. The lowest BCUT2D eigenvalue weighted by Gasteiger charge is -2.36. The third kappa shape index (κ3) is 5.05. The van der Waals surface area contributed by atoms with Crippen molar-refractivity contribution >= 4 is 40.9 Å². The number of aliphatic imine (C=N–C) groups is 1. The fourth-order valence-corrected chi connectivity index (χ4v) is 3.36. The van der Waals surface area contributed by atoms with Crippen molar-refractivity contribution in [1.29, 1.82) is 0 Å². The Morgan fingerprint density at radius 2 is 2.00 bits per heavy atom. The molecule has 0 amide bonds. The standard InChI is InChI=1S/C20H25N5O2.HI/c1-2-21-20(22-14-18-13-16-5-3-4-6-19(16)27-18)25-10-8-24(9-11-25)15-17-7-12-26-23-17;/h3-7,12-13H,2,8-11,14-15H2,1H3,(H,21,22);1H. The molecule has 0 spiro atoms. The van der Waals surface area contributed by atoms with Gasteiger partial charge in [-0.25, -0.2) is 4.99 Å². The molecule has 1 fully saturated rings. The van der Waals surface area contributed by atoms with Gasteiger partial charge in [-0.2, -0.15) is 0 Å². The van der Waals surface area contributed by atoms with E-state index in [-0.39, 0.29) is 24.0 Å². The van der Waals surface area contributed by atoms with Gasteiger partial charge in [-0.05, 0) is 19.1 Å². The number of para-hydroxylation sites is 1. The van der Waals surface area contributed by atoms with Crippen LogP contribution in [0.1, 0.15) is 18.4 Å². The minimum Gasteiger partial charge on any atom is -0.459 e. The lowest BCUT2D eigenvalue weighted by atomic mass is 10.2. The van der Waals surface area contributed by atoms with Crippen LogP contribution in [0.15, 0.2) is 56.6 Å². The highest BCUT2D eigenvalue weighted by Gasteiger charge is 2.20. The Labute approximate surface area is 181 Å². The molecule has 8 heteroatoms. The summed E-state index contributed by atoms with van der Waals surface area (Å²) < 4.78 is 10.8. The molecule has 2 aromatic heterocycles. The third-order valence-electron chi connectivity index (χ3n) is 4.74. The Bertz CT molecular complexity index is 852. The number of nitrogens with zero attached hydrogens (tertiary/aromatic N) is 4. The molecule has 7 nitrogen and oxygen atoms in total. The molecular formula is C20H26IN5O2. The predicted molar refractivity (Wildman–Crippen MR) is 120 cm³/mol. The monoisotopic (exact) mass is 495 g/mol. The van der Waals surface area contributed by atoms with Crippen LogP contribution in [0, 0.1) is 0 Å². The number of piperazine rings is 1. The van der Waals surface area contributed by atoms with Crippen molar-refractivity contribution in [3.63, 3.8) is 0 Å². The molecule has 1 saturated heterocycles. The van der Waals surface area contributed by atoms with Crippen molar-refractivity contribution in [2.75, 3.05) is 32.7 Å². The van der Waals surface area contributed by atoms with E-state index in [0.717, 1.165) is 67.7 Å². The Morgan fingerprint density at radius 1 is 1.18 bits per heavy atom. The molecule has 0 aliphatic carbocycles. The number of furan rings is 1. The van der Waals surface area contributed by atoms with Crippen LogP contribution in [-0.2, 0) is 13.1 Å². The Morgan fingerprint density at radius 3 is 2.71 bits per heavy atom. The SMILES string of the molecule is CCNC(=NCc1cc2ccccc2o1)N1CCN(Cc2ccon2)CC1.I. The van der Waals surface area contributed by atoms with Gasteiger partial charge in [-0.15, -0.1) is 24.0 Å². The smallest absolute Gasteiger partial charge is 0.194 e. The number of guanidine groups is 1. The Hall–Kier alpha value is -2.07. The second-order valence-corrected chi connectivity index (χ2v) is 6.67. The molecule has 0 unspecified atom stereocenters. The van der Waals surface area contributed by atoms with Crippen molar-refractivity contribution in [1.82, 2.24) is 20.3 Å². The molecule has 4 rings (SSSR count). The molecule has 28 heavy (non-hydrogen) atoms. The molecule has 0 atom stereocenters. The molecule has 3 aromatic rings. The fourth-order valence-electron chi connectivity index (χ4n) is 3.36. The highest BCUT2D eigenvalue weighted by Crippen LogP contribution is 2.19. The number of rotatable bonds is 5. The number of benzene rings is 1. The average molecular weight is 495 g/mol. The lowest BCUT2D eigenvalue weighted by molar-refractivity contribution is 0.169. The zero-order valence-electron chi connectivity index (χ0n) is 16.0. The van der Waals surface area contributed by atoms with E-state index in [1.807, 2.05) is 24.3 Å². The van der Waals surface area contributed by atoms with Crippen LogP contribution in [0.25, 0.3) is 11.0 Å². The molecule has 1 aliphatic heterocycles. The Balaban J connectivity index is 0.00000225. The van der Waals surface area contributed by atoms with Gasteiger partial charge < -0.3 is 19.2 Å². The van der Waals surface area contributed by atoms with Crippen molar-refractivity contribution in [2.24, 2.45) is 4.99 Å². The van der Waals surface area contributed by atoms with Gasteiger partial charge in [0.2, 0.25) is 0 Å². The van der Waals surface area contributed by atoms with Crippen LogP contribution in [-0.4, -0.2) is 53.6 Å². The van der Waals surface area contributed by atoms with Crippen LogP contribution in [0.3, 0.4) is 0 Å². The first-order valence-electron chi connectivity index (χ1n) is 9.44. The van der Waals surface area contributed by atoms with Gasteiger partial charge in [-0.1, -0.05) is 23.4 Å². The van der Waals surface area contributed by atoms with E-state index < -0.39 is 0 Å². The van der Waals surface area contributed by atoms with Crippen molar-refractivity contribution in [2.45, 2.75) is 20.0 Å². The molecule has 0 saturated carbocycles. The number of halogens is 1. The third-order valence-corrected chi connectivity index (χ3v) is 4.74. The summed E-state index contributed by atoms with van der Waals surface area (Å²) in [5.41, 5.74) is 1.89. The summed E-state index contributed by atoms with van der Waals surface area (Å²) in [7, 11) is 0. The van der Waals surface area contributed by atoms with E-state index in [4.69, 9.17) is 13.9 Å². The zero-order chi connectivity index (χ0) is 18.5. The molecule has 0 bridgehead atoms. The number of aromatic nitrogens is 1. The summed E-state index contributed by atoms with van der Waals surface area (Å²) in [6, 6.07) is 12.0. The summed E-state index contributed by atoms with van der Waals surface area (Å²) in [6.07, 6.45) is 1.62. The molecule has 1 N–H and O–H groups in total. The van der Waals surface area contributed by atoms with Crippen molar-refractivity contribution in [3.05, 3.63) is 54.1 Å². The first-order valence-corrected chi connectivity index (χ1v) is 9.44. The predicted octanol–water partition coefficient (Wildman–Crippen LogP) is 3.32. The van der Waals surface area contributed by atoms with Gasteiger partial charge in [0.15, 0.2) is 5.96 Å². The van der Waals surface area contributed by atoms with Crippen molar-refractivity contribution in [3.8, 4) is 0 Å². The summed E-state index contributed by atoms with van der Waals surface area (Å²) in [5.74, 6) is 1.83. The summed E-state index contributed by atoms with van der Waals surface area (Å²) >= 11 is 0. The van der Waals surface area contributed by atoms with E-state index in [0.29, 0.717) is 6.54 Å². The van der Waals surface area contributed by atoms with Gasteiger partial charge in [0.05, 0.1) is 5.69 Å². The van der Waals surface area contributed by atoms with Gasteiger partial charge in [0, 0.05) is 50.7 Å². The van der Waals surface area contributed by atoms with Crippen LogP contribution in [0.4, 0.5) is 0 Å². The molecule has 150 valence electrons. The topological polar surface area (TPSA) is 70.0 Å².